The van der Waals surface area contributed by atoms with Crippen LogP contribution in [0.2, 0.25) is 5.02 Å². The van der Waals surface area contributed by atoms with Gasteiger partial charge in [-0.1, -0.05) is 17.7 Å². The van der Waals surface area contributed by atoms with Gasteiger partial charge in [-0.2, -0.15) is 0 Å². The van der Waals surface area contributed by atoms with E-state index in [1.807, 2.05) is 25.1 Å². The van der Waals surface area contributed by atoms with Crippen molar-refractivity contribution in [1.82, 2.24) is 0 Å². The van der Waals surface area contributed by atoms with Crippen LogP contribution in [0.15, 0.2) is 18.2 Å². The summed E-state index contributed by atoms with van der Waals surface area (Å²) in [6.07, 6.45) is -0.555. The molecule has 0 aliphatic rings. The predicted octanol–water partition coefficient (Wildman–Crippen LogP) is 2.08. The van der Waals surface area contributed by atoms with Crippen LogP contribution in [0, 0.1) is 6.92 Å². The second kappa shape index (κ2) is 8.32. The zero-order valence-electron chi connectivity index (χ0n) is 10.8. The fourth-order valence-corrected chi connectivity index (χ4v) is 1.61. The Hall–Kier alpha value is -0.810. The van der Waals surface area contributed by atoms with Gasteiger partial charge in [-0.05, 0) is 24.6 Å². The molecule has 0 bridgehead atoms. The highest BCUT2D eigenvalue weighted by molar-refractivity contribution is 6.30. The van der Waals surface area contributed by atoms with Crippen LogP contribution in [-0.4, -0.2) is 44.7 Å². The van der Waals surface area contributed by atoms with Crippen LogP contribution in [0.1, 0.15) is 5.56 Å². The molecule has 0 aliphatic heterocycles. The fraction of sp³-hybridized carbons (Fsp3) is 0.538. The SMILES string of the molecule is COCCOCC(O)CNc1cc(Cl)ccc1C. The normalized spacial score (nSPS) is 12.4. The molecule has 0 aromatic heterocycles. The summed E-state index contributed by atoms with van der Waals surface area (Å²) < 4.78 is 10.1. The van der Waals surface area contributed by atoms with Crippen molar-refractivity contribution >= 4 is 17.3 Å². The summed E-state index contributed by atoms with van der Waals surface area (Å²) in [6.45, 7) is 3.72. The molecule has 0 saturated heterocycles. The number of anilines is 1. The lowest BCUT2D eigenvalue weighted by molar-refractivity contribution is 0.0182. The topological polar surface area (TPSA) is 50.7 Å². The van der Waals surface area contributed by atoms with Crippen LogP contribution < -0.4 is 5.32 Å². The summed E-state index contributed by atoms with van der Waals surface area (Å²) in [5.41, 5.74) is 2.02. The highest BCUT2D eigenvalue weighted by atomic mass is 35.5. The summed E-state index contributed by atoms with van der Waals surface area (Å²) in [7, 11) is 1.61. The first kappa shape index (κ1) is 15.2. The van der Waals surface area contributed by atoms with E-state index in [4.69, 9.17) is 21.1 Å². The molecule has 5 heteroatoms. The second-order valence-corrected chi connectivity index (χ2v) is 4.50. The Kier molecular flexibility index (Phi) is 7.05. The minimum Gasteiger partial charge on any atom is -0.389 e. The zero-order chi connectivity index (χ0) is 13.4. The minimum atomic E-state index is -0.555. The summed E-state index contributed by atoms with van der Waals surface area (Å²) in [5, 5.41) is 13.5. The molecule has 0 aliphatic carbocycles. The molecule has 1 aromatic carbocycles. The molecule has 4 nitrogen and oxygen atoms in total. The molecule has 1 unspecified atom stereocenters. The van der Waals surface area contributed by atoms with E-state index in [1.54, 1.807) is 7.11 Å². The number of aliphatic hydroxyl groups is 1. The molecule has 2 N–H and O–H groups in total. The van der Waals surface area contributed by atoms with E-state index in [9.17, 15) is 5.11 Å². The number of methoxy groups -OCH3 is 1. The van der Waals surface area contributed by atoms with E-state index in [1.165, 1.54) is 0 Å². The lowest BCUT2D eigenvalue weighted by Gasteiger charge is -2.14. The Morgan fingerprint density at radius 1 is 1.39 bits per heavy atom. The van der Waals surface area contributed by atoms with Gasteiger partial charge in [0.2, 0.25) is 0 Å². The number of benzene rings is 1. The Balaban J connectivity index is 2.29. The summed E-state index contributed by atoms with van der Waals surface area (Å²) in [5.74, 6) is 0. The third-order valence-electron chi connectivity index (χ3n) is 2.47. The number of hydrogen-bond donors (Lipinski definition) is 2. The molecular weight excluding hydrogens is 254 g/mol. The van der Waals surface area contributed by atoms with Gasteiger partial charge in [-0.15, -0.1) is 0 Å². The third-order valence-corrected chi connectivity index (χ3v) is 2.70. The van der Waals surface area contributed by atoms with E-state index >= 15 is 0 Å². The van der Waals surface area contributed by atoms with Gasteiger partial charge in [-0.25, -0.2) is 0 Å². The van der Waals surface area contributed by atoms with Crippen molar-refractivity contribution < 1.29 is 14.6 Å². The van der Waals surface area contributed by atoms with E-state index in [2.05, 4.69) is 5.32 Å². The molecule has 0 heterocycles. The number of halogens is 1. The molecule has 102 valence electrons. The highest BCUT2D eigenvalue weighted by Crippen LogP contribution is 2.19. The van der Waals surface area contributed by atoms with Crippen molar-refractivity contribution in [2.24, 2.45) is 0 Å². The van der Waals surface area contributed by atoms with Crippen molar-refractivity contribution in [3.8, 4) is 0 Å². The first-order valence-corrected chi connectivity index (χ1v) is 6.26. The monoisotopic (exact) mass is 273 g/mol. The van der Waals surface area contributed by atoms with E-state index in [0.717, 1.165) is 11.3 Å². The van der Waals surface area contributed by atoms with Gasteiger partial charge in [0.25, 0.3) is 0 Å². The lowest BCUT2D eigenvalue weighted by Crippen LogP contribution is -2.25. The molecule has 1 rings (SSSR count). The molecule has 1 aromatic rings. The number of aliphatic hydroxyl groups excluding tert-OH is 1. The van der Waals surface area contributed by atoms with Crippen LogP contribution in [0.4, 0.5) is 5.69 Å². The van der Waals surface area contributed by atoms with Crippen LogP contribution in [0.5, 0.6) is 0 Å². The first-order chi connectivity index (χ1) is 8.63. The predicted molar refractivity (Wildman–Crippen MR) is 73.4 cm³/mol. The van der Waals surface area contributed by atoms with Gasteiger partial charge in [0.1, 0.15) is 0 Å². The molecule has 1 atom stereocenters. The standard InChI is InChI=1S/C13H20ClNO3/c1-10-3-4-11(14)7-13(10)15-8-12(16)9-18-6-5-17-2/h3-4,7,12,15-16H,5-6,8-9H2,1-2H3. The van der Waals surface area contributed by atoms with Crippen LogP contribution >= 0.6 is 11.6 Å². The quantitative estimate of drug-likeness (QED) is 0.712. The zero-order valence-corrected chi connectivity index (χ0v) is 11.5. The van der Waals surface area contributed by atoms with Crippen molar-refractivity contribution in [3.63, 3.8) is 0 Å². The van der Waals surface area contributed by atoms with Crippen molar-refractivity contribution in [3.05, 3.63) is 28.8 Å². The van der Waals surface area contributed by atoms with E-state index < -0.39 is 6.10 Å². The van der Waals surface area contributed by atoms with Crippen molar-refractivity contribution in [2.75, 3.05) is 38.8 Å². The van der Waals surface area contributed by atoms with Crippen molar-refractivity contribution in [2.45, 2.75) is 13.0 Å². The molecule has 18 heavy (non-hydrogen) atoms. The minimum absolute atomic E-state index is 0.288. The maximum atomic E-state index is 9.71. The van der Waals surface area contributed by atoms with Gasteiger partial charge >= 0.3 is 0 Å². The van der Waals surface area contributed by atoms with E-state index in [0.29, 0.717) is 24.8 Å². The van der Waals surface area contributed by atoms with E-state index in [-0.39, 0.29) is 6.61 Å². The molecule has 0 amide bonds. The number of ether oxygens (including phenoxy) is 2. The maximum Gasteiger partial charge on any atom is 0.0945 e. The molecule has 0 radical (unpaired) electrons. The van der Waals surface area contributed by atoms with Gasteiger partial charge in [0.15, 0.2) is 0 Å². The van der Waals surface area contributed by atoms with Gasteiger partial charge < -0.3 is 19.9 Å². The number of aryl methyl sites for hydroxylation is 1. The molecule has 0 saturated carbocycles. The average Bonchev–Trinajstić information content (AvgIpc) is 2.36. The Morgan fingerprint density at radius 2 is 2.17 bits per heavy atom. The van der Waals surface area contributed by atoms with Gasteiger partial charge in [-0.3, -0.25) is 0 Å². The largest absolute Gasteiger partial charge is 0.389 e. The second-order valence-electron chi connectivity index (χ2n) is 4.06. The van der Waals surface area contributed by atoms with Crippen molar-refractivity contribution in [1.29, 1.82) is 0 Å². The highest BCUT2D eigenvalue weighted by Gasteiger charge is 2.05. The van der Waals surface area contributed by atoms with Crippen LogP contribution in [0.3, 0.4) is 0 Å². The molecule has 0 spiro atoms. The van der Waals surface area contributed by atoms with Crippen LogP contribution in [0.25, 0.3) is 0 Å². The lowest BCUT2D eigenvalue weighted by atomic mass is 10.2. The Morgan fingerprint density at radius 3 is 2.89 bits per heavy atom. The summed E-state index contributed by atoms with van der Waals surface area (Å²) >= 11 is 5.91. The first-order valence-electron chi connectivity index (χ1n) is 5.88. The number of hydrogen-bond acceptors (Lipinski definition) is 4. The smallest absolute Gasteiger partial charge is 0.0945 e. The summed E-state index contributed by atoms with van der Waals surface area (Å²) in [4.78, 5) is 0. The summed E-state index contributed by atoms with van der Waals surface area (Å²) in [6, 6.07) is 5.62. The number of rotatable bonds is 8. The molecular formula is C13H20ClNO3. The van der Waals surface area contributed by atoms with Gasteiger partial charge in [0, 0.05) is 24.4 Å². The average molecular weight is 274 g/mol. The number of nitrogens with one attached hydrogen (secondary N) is 1. The van der Waals surface area contributed by atoms with Crippen LogP contribution in [-0.2, 0) is 9.47 Å². The third kappa shape index (κ3) is 5.69. The Bertz CT molecular complexity index is 360. The maximum absolute atomic E-state index is 9.71. The van der Waals surface area contributed by atoms with Gasteiger partial charge in [0.05, 0.1) is 25.9 Å². The molecule has 0 fully saturated rings. The Labute approximate surface area is 113 Å². The fourth-order valence-electron chi connectivity index (χ4n) is 1.43.